The summed E-state index contributed by atoms with van der Waals surface area (Å²) in [6.45, 7) is 6.39. The van der Waals surface area contributed by atoms with Crippen molar-refractivity contribution in [3.05, 3.63) is 34.4 Å². The van der Waals surface area contributed by atoms with E-state index in [9.17, 15) is 10.1 Å². The van der Waals surface area contributed by atoms with Crippen LogP contribution in [0.4, 0.5) is 11.4 Å². The summed E-state index contributed by atoms with van der Waals surface area (Å²) in [5, 5.41) is 12.8. The summed E-state index contributed by atoms with van der Waals surface area (Å²) in [5.41, 5.74) is 0.906. The number of anilines is 1. The third kappa shape index (κ3) is 2.97. The molecule has 0 N–H and O–H groups in total. The average molecular weight is 306 g/mol. The van der Waals surface area contributed by atoms with Gasteiger partial charge in [0.05, 0.1) is 11.5 Å². The minimum atomic E-state index is -0.305. The van der Waals surface area contributed by atoms with Crippen LogP contribution in [-0.4, -0.2) is 53.0 Å². The van der Waals surface area contributed by atoms with Gasteiger partial charge in [-0.25, -0.2) is 0 Å². The molecule has 0 aromatic heterocycles. The molecule has 0 amide bonds. The summed E-state index contributed by atoms with van der Waals surface area (Å²) in [5.74, 6) is 0. The lowest BCUT2D eigenvalue weighted by Crippen LogP contribution is -2.48. The van der Waals surface area contributed by atoms with Crippen LogP contribution in [0.3, 0.4) is 0 Å². The third-order valence-corrected chi connectivity index (χ3v) is 4.91. The largest absolute Gasteiger partial charge is 0.362 e. The van der Waals surface area contributed by atoms with Crippen molar-refractivity contribution in [1.29, 1.82) is 0 Å². The zero-order valence-electron chi connectivity index (χ0n) is 11.9. The van der Waals surface area contributed by atoms with E-state index in [2.05, 4.69) is 21.7 Å². The fraction of sp³-hybridized carbons (Fsp3) is 0.500. The Morgan fingerprint density at radius 3 is 2.52 bits per heavy atom. The van der Waals surface area contributed by atoms with E-state index < -0.39 is 0 Å². The molecule has 0 spiro atoms. The molecule has 0 bridgehead atoms. The quantitative estimate of drug-likeness (QED) is 0.619. The van der Waals surface area contributed by atoms with Crippen molar-refractivity contribution < 1.29 is 4.92 Å². The highest BCUT2D eigenvalue weighted by Gasteiger charge is 2.27. The van der Waals surface area contributed by atoms with Gasteiger partial charge in [-0.05, 0) is 6.07 Å². The van der Waals surface area contributed by atoms with E-state index in [0.717, 1.165) is 43.6 Å². The Bertz CT molecular complexity index is 570. The SMILES string of the molecule is C[C@@H]1CN=C(N2CCN(c3ccccc3[N+](=O)[O-])CC2)S1. The zero-order chi connectivity index (χ0) is 14.8. The number of para-hydroxylation sites is 2. The van der Waals surface area contributed by atoms with Crippen molar-refractivity contribution in [2.24, 2.45) is 4.99 Å². The number of aliphatic imine (C=N–C) groups is 1. The van der Waals surface area contributed by atoms with Crippen LogP contribution in [0.1, 0.15) is 6.92 Å². The highest BCUT2D eigenvalue weighted by atomic mass is 32.2. The Kier molecular flexibility index (Phi) is 4.01. The van der Waals surface area contributed by atoms with Crippen LogP contribution < -0.4 is 4.90 Å². The number of nitro benzene ring substituents is 1. The molecule has 2 aliphatic rings. The molecule has 1 fully saturated rings. The van der Waals surface area contributed by atoms with Crippen molar-refractivity contribution in [2.75, 3.05) is 37.6 Å². The van der Waals surface area contributed by atoms with Crippen molar-refractivity contribution in [1.82, 2.24) is 4.90 Å². The van der Waals surface area contributed by atoms with Gasteiger partial charge in [0.15, 0.2) is 5.17 Å². The monoisotopic (exact) mass is 306 g/mol. The van der Waals surface area contributed by atoms with Gasteiger partial charge in [0.1, 0.15) is 5.69 Å². The van der Waals surface area contributed by atoms with Gasteiger partial charge in [-0.15, -0.1) is 0 Å². The summed E-state index contributed by atoms with van der Waals surface area (Å²) < 4.78 is 0. The standard InChI is InChI=1S/C14H18N4O2S/c1-11-10-15-14(21-11)17-8-6-16(7-9-17)12-4-2-3-5-13(12)18(19)20/h2-5,11H,6-10H2,1H3/t11-/m1/s1. The summed E-state index contributed by atoms with van der Waals surface area (Å²) >= 11 is 1.83. The van der Waals surface area contributed by atoms with Gasteiger partial charge < -0.3 is 9.80 Å². The number of benzene rings is 1. The van der Waals surface area contributed by atoms with Crippen molar-refractivity contribution in [3.63, 3.8) is 0 Å². The molecular formula is C14H18N4O2S. The van der Waals surface area contributed by atoms with E-state index in [0.29, 0.717) is 5.25 Å². The predicted molar refractivity (Wildman–Crippen MR) is 86.2 cm³/mol. The first-order chi connectivity index (χ1) is 10.1. The molecule has 112 valence electrons. The van der Waals surface area contributed by atoms with Gasteiger partial charge in [-0.1, -0.05) is 30.8 Å². The predicted octanol–water partition coefficient (Wildman–Crippen LogP) is 2.21. The number of nitro groups is 1. The van der Waals surface area contributed by atoms with Crippen LogP contribution in [0.15, 0.2) is 29.3 Å². The Morgan fingerprint density at radius 1 is 1.24 bits per heavy atom. The second-order valence-electron chi connectivity index (χ2n) is 5.27. The highest BCUT2D eigenvalue weighted by Crippen LogP contribution is 2.29. The van der Waals surface area contributed by atoms with E-state index in [4.69, 9.17) is 0 Å². The van der Waals surface area contributed by atoms with E-state index in [1.807, 2.05) is 23.9 Å². The Morgan fingerprint density at radius 2 is 1.90 bits per heavy atom. The van der Waals surface area contributed by atoms with Crippen LogP contribution >= 0.6 is 11.8 Å². The van der Waals surface area contributed by atoms with Gasteiger partial charge in [-0.3, -0.25) is 15.1 Å². The lowest BCUT2D eigenvalue weighted by Gasteiger charge is -2.36. The van der Waals surface area contributed by atoms with Crippen molar-refractivity contribution in [3.8, 4) is 0 Å². The fourth-order valence-electron chi connectivity index (χ4n) is 2.66. The van der Waals surface area contributed by atoms with Crippen LogP contribution in [0.2, 0.25) is 0 Å². The molecule has 2 aliphatic heterocycles. The van der Waals surface area contributed by atoms with Gasteiger partial charge >= 0.3 is 0 Å². The molecule has 0 unspecified atom stereocenters. The Hall–Kier alpha value is -1.76. The normalized spacial score (nSPS) is 22.3. The molecule has 6 nitrogen and oxygen atoms in total. The molecular weight excluding hydrogens is 288 g/mol. The lowest BCUT2D eigenvalue weighted by molar-refractivity contribution is -0.384. The van der Waals surface area contributed by atoms with E-state index in [1.54, 1.807) is 12.1 Å². The topological polar surface area (TPSA) is 62.0 Å². The second-order valence-corrected chi connectivity index (χ2v) is 6.68. The van der Waals surface area contributed by atoms with E-state index in [1.165, 1.54) is 0 Å². The lowest BCUT2D eigenvalue weighted by atomic mass is 10.2. The van der Waals surface area contributed by atoms with Crippen molar-refractivity contribution >= 4 is 28.3 Å². The molecule has 7 heteroatoms. The molecule has 3 rings (SSSR count). The highest BCUT2D eigenvalue weighted by molar-refractivity contribution is 8.14. The maximum absolute atomic E-state index is 11.1. The number of amidine groups is 1. The first-order valence-corrected chi connectivity index (χ1v) is 7.97. The number of piperazine rings is 1. The number of hydrogen-bond acceptors (Lipinski definition) is 6. The first kappa shape index (κ1) is 14.2. The molecule has 1 saturated heterocycles. The maximum Gasteiger partial charge on any atom is 0.292 e. The summed E-state index contributed by atoms with van der Waals surface area (Å²) in [6, 6.07) is 6.97. The Labute approximate surface area is 128 Å². The van der Waals surface area contributed by atoms with E-state index >= 15 is 0 Å². The number of thioether (sulfide) groups is 1. The van der Waals surface area contributed by atoms with Gasteiger partial charge in [0.2, 0.25) is 0 Å². The van der Waals surface area contributed by atoms with Crippen LogP contribution in [0, 0.1) is 10.1 Å². The van der Waals surface area contributed by atoms with Gasteiger partial charge in [0, 0.05) is 37.5 Å². The van der Waals surface area contributed by atoms with Gasteiger partial charge in [-0.2, -0.15) is 0 Å². The van der Waals surface area contributed by atoms with E-state index in [-0.39, 0.29) is 10.6 Å². The number of nitrogens with zero attached hydrogens (tertiary/aromatic N) is 4. The zero-order valence-corrected chi connectivity index (χ0v) is 12.8. The molecule has 1 atom stereocenters. The third-order valence-electron chi connectivity index (χ3n) is 3.76. The molecule has 0 saturated carbocycles. The summed E-state index contributed by atoms with van der Waals surface area (Å²) in [7, 11) is 0. The smallest absolute Gasteiger partial charge is 0.292 e. The summed E-state index contributed by atoms with van der Waals surface area (Å²) in [6.07, 6.45) is 0. The molecule has 2 heterocycles. The molecule has 1 aromatic rings. The Balaban J connectivity index is 1.68. The fourth-order valence-corrected chi connectivity index (χ4v) is 3.65. The molecule has 1 aromatic carbocycles. The first-order valence-electron chi connectivity index (χ1n) is 7.09. The van der Waals surface area contributed by atoms with Crippen molar-refractivity contribution in [2.45, 2.75) is 12.2 Å². The van der Waals surface area contributed by atoms with Gasteiger partial charge in [0.25, 0.3) is 5.69 Å². The second kappa shape index (κ2) is 5.93. The number of rotatable bonds is 2. The molecule has 21 heavy (non-hydrogen) atoms. The van der Waals surface area contributed by atoms with Crippen LogP contribution in [-0.2, 0) is 0 Å². The number of hydrogen-bond donors (Lipinski definition) is 0. The molecule has 0 radical (unpaired) electrons. The maximum atomic E-state index is 11.1. The minimum Gasteiger partial charge on any atom is -0.362 e. The minimum absolute atomic E-state index is 0.187. The molecule has 0 aliphatic carbocycles. The van der Waals surface area contributed by atoms with Crippen LogP contribution in [0.25, 0.3) is 0 Å². The average Bonchev–Trinajstić information content (AvgIpc) is 2.94. The summed E-state index contributed by atoms with van der Waals surface area (Å²) in [4.78, 5) is 19.8. The van der Waals surface area contributed by atoms with Crippen LogP contribution in [0.5, 0.6) is 0 Å².